The van der Waals surface area contributed by atoms with Crippen molar-refractivity contribution in [2.45, 2.75) is 50.5 Å². The van der Waals surface area contributed by atoms with E-state index in [-0.39, 0.29) is 11.7 Å². The SMILES string of the molecule is Fc1cccnc1[C@H]1CC[C@@H](N2N=CN3CC4=C(C=C(Cl)CC4)NC=C32)CC1. The first-order valence-electron chi connectivity index (χ1n) is 9.94. The number of hydrogen-bond donors (Lipinski definition) is 1. The molecule has 2 aliphatic heterocycles. The topological polar surface area (TPSA) is 43.8 Å². The first-order chi connectivity index (χ1) is 13.7. The third-order valence-corrected chi connectivity index (χ3v) is 6.42. The smallest absolute Gasteiger partial charge is 0.147 e. The molecule has 0 atom stereocenters. The Labute approximate surface area is 169 Å². The lowest BCUT2D eigenvalue weighted by molar-refractivity contribution is 0.182. The van der Waals surface area contributed by atoms with E-state index in [9.17, 15) is 4.39 Å². The molecular formula is C21H23ClFN5. The van der Waals surface area contributed by atoms with Crippen LogP contribution in [0.5, 0.6) is 0 Å². The van der Waals surface area contributed by atoms with E-state index < -0.39 is 0 Å². The van der Waals surface area contributed by atoms with Crippen molar-refractivity contribution in [2.24, 2.45) is 5.10 Å². The van der Waals surface area contributed by atoms with Crippen molar-refractivity contribution in [3.8, 4) is 0 Å². The van der Waals surface area contributed by atoms with Crippen LogP contribution in [0.25, 0.3) is 0 Å². The standard InChI is InChI=1S/C21H23ClFN5/c22-16-6-3-15-12-27-13-26-28(20(27)11-25-19(15)10-16)17-7-4-14(5-8-17)21-18(23)2-1-9-24-21/h1-2,9-11,13-14,17,25H,3-8,12H2/t14-,17+. The minimum absolute atomic E-state index is 0.185. The fraction of sp³-hybridized carbons (Fsp3) is 0.429. The lowest BCUT2D eigenvalue weighted by Gasteiger charge is -2.34. The highest BCUT2D eigenvalue weighted by molar-refractivity contribution is 6.29. The molecule has 1 saturated carbocycles. The van der Waals surface area contributed by atoms with Crippen molar-refractivity contribution in [1.82, 2.24) is 20.2 Å². The highest BCUT2D eigenvalue weighted by Crippen LogP contribution is 2.38. The van der Waals surface area contributed by atoms with Gasteiger partial charge in [0.2, 0.25) is 0 Å². The predicted molar refractivity (Wildman–Crippen MR) is 108 cm³/mol. The third-order valence-electron chi connectivity index (χ3n) is 6.13. The molecule has 3 heterocycles. The Bertz CT molecular complexity index is 898. The maximum Gasteiger partial charge on any atom is 0.147 e. The van der Waals surface area contributed by atoms with Crippen LogP contribution >= 0.6 is 11.6 Å². The van der Waals surface area contributed by atoms with Gasteiger partial charge in [0.05, 0.1) is 11.7 Å². The highest BCUT2D eigenvalue weighted by atomic mass is 35.5. The van der Waals surface area contributed by atoms with Gasteiger partial charge in [0.25, 0.3) is 0 Å². The monoisotopic (exact) mass is 399 g/mol. The summed E-state index contributed by atoms with van der Waals surface area (Å²) in [4.78, 5) is 6.48. The molecule has 28 heavy (non-hydrogen) atoms. The summed E-state index contributed by atoms with van der Waals surface area (Å²) in [5.74, 6) is 1.09. The fourth-order valence-corrected chi connectivity index (χ4v) is 4.81. The molecule has 2 aliphatic carbocycles. The number of fused-ring (bicyclic) bond motifs is 1. The highest BCUT2D eigenvalue weighted by Gasteiger charge is 2.34. The second-order valence-electron chi connectivity index (χ2n) is 7.83. The zero-order chi connectivity index (χ0) is 19.1. The Morgan fingerprint density at radius 3 is 2.86 bits per heavy atom. The van der Waals surface area contributed by atoms with E-state index in [0.29, 0.717) is 11.7 Å². The summed E-state index contributed by atoms with van der Waals surface area (Å²) in [7, 11) is 0. The summed E-state index contributed by atoms with van der Waals surface area (Å²) in [6.07, 6.45) is 13.4. The van der Waals surface area contributed by atoms with E-state index in [0.717, 1.165) is 61.6 Å². The van der Waals surface area contributed by atoms with E-state index in [1.54, 1.807) is 12.3 Å². The van der Waals surface area contributed by atoms with Crippen molar-refractivity contribution in [3.05, 3.63) is 64.2 Å². The minimum atomic E-state index is -0.185. The molecule has 0 radical (unpaired) electrons. The van der Waals surface area contributed by atoms with Gasteiger partial charge >= 0.3 is 0 Å². The van der Waals surface area contributed by atoms with Gasteiger partial charge in [-0.2, -0.15) is 5.10 Å². The summed E-state index contributed by atoms with van der Waals surface area (Å²) in [5, 5.41) is 11.1. The molecule has 0 unspecified atom stereocenters. The molecular weight excluding hydrogens is 377 g/mol. The van der Waals surface area contributed by atoms with E-state index in [2.05, 4.69) is 25.3 Å². The van der Waals surface area contributed by atoms with Crippen LogP contribution in [0.15, 0.2) is 57.8 Å². The Kier molecular flexibility index (Phi) is 4.59. The Morgan fingerprint density at radius 2 is 2.04 bits per heavy atom. The molecule has 0 saturated heterocycles. The van der Waals surface area contributed by atoms with E-state index >= 15 is 0 Å². The summed E-state index contributed by atoms with van der Waals surface area (Å²) in [6.45, 7) is 0.837. The first kappa shape index (κ1) is 17.7. The molecule has 7 heteroatoms. The van der Waals surface area contributed by atoms with E-state index in [1.165, 1.54) is 11.6 Å². The molecule has 0 amide bonds. The van der Waals surface area contributed by atoms with Gasteiger partial charge in [-0.05, 0) is 62.3 Å². The maximum atomic E-state index is 14.1. The molecule has 0 spiro atoms. The molecule has 146 valence electrons. The van der Waals surface area contributed by atoms with E-state index in [4.69, 9.17) is 11.6 Å². The molecule has 1 aromatic rings. The van der Waals surface area contributed by atoms with Gasteiger partial charge in [-0.3, -0.25) is 4.98 Å². The van der Waals surface area contributed by atoms with Gasteiger partial charge in [-0.1, -0.05) is 11.6 Å². The summed E-state index contributed by atoms with van der Waals surface area (Å²) in [5.41, 5.74) is 3.09. The van der Waals surface area contributed by atoms with Crippen molar-refractivity contribution < 1.29 is 4.39 Å². The maximum absolute atomic E-state index is 14.1. The van der Waals surface area contributed by atoms with Crippen LogP contribution in [0.3, 0.4) is 0 Å². The molecule has 0 aromatic carbocycles. The van der Waals surface area contributed by atoms with Crippen LogP contribution in [-0.4, -0.2) is 33.8 Å². The summed E-state index contributed by atoms with van der Waals surface area (Å²) in [6, 6.07) is 3.49. The number of halogens is 2. The summed E-state index contributed by atoms with van der Waals surface area (Å²) < 4.78 is 14.1. The lowest BCUT2D eigenvalue weighted by Crippen LogP contribution is -2.35. The molecule has 1 N–H and O–H groups in total. The Hall–Kier alpha value is -2.34. The number of allylic oxidation sites excluding steroid dienone is 2. The van der Waals surface area contributed by atoms with Gasteiger partial charge in [0.15, 0.2) is 0 Å². The van der Waals surface area contributed by atoms with Gasteiger partial charge in [-0.15, -0.1) is 0 Å². The number of nitrogens with one attached hydrogen (secondary N) is 1. The normalized spacial score (nSPS) is 26.9. The van der Waals surface area contributed by atoms with Crippen LogP contribution < -0.4 is 5.32 Å². The molecule has 5 nitrogen and oxygen atoms in total. The number of pyridine rings is 1. The number of rotatable bonds is 2. The quantitative estimate of drug-likeness (QED) is 0.801. The van der Waals surface area contributed by atoms with Gasteiger partial charge in [0.1, 0.15) is 18.0 Å². The number of nitrogens with zero attached hydrogens (tertiary/aromatic N) is 4. The third kappa shape index (κ3) is 3.20. The van der Waals surface area contributed by atoms with Crippen LogP contribution in [0.4, 0.5) is 4.39 Å². The molecule has 5 rings (SSSR count). The molecule has 0 bridgehead atoms. The second kappa shape index (κ2) is 7.24. The van der Waals surface area contributed by atoms with Crippen LogP contribution in [0, 0.1) is 5.82 Å². The van der Waals surface area contributed by atoms with Gasteiger partial charge in [0, 0.05) is 35.6 Å². The van der Waals surface area contributed by atoms with Crippen LogP contribution in [-0.2, 0) is 0 Å². The molecule has 1 fully saturated rings. The zero-order valence-corrected chi connectivity index (χ0v) is 16.4. The Morgan fingerprint density at radius 1 is 1.18 bits per heavy atom. The first-order valence-corrected chi connectivity index (χ1v) is 10.3. The fourth-order valence-electron chi connectivity index (χ4n) is 4.60. The van der Waals surface area contributed by atoms with Crippen molar-refractivity contribution >= 4 is 17.9 Å². The largest absolute Gasteiger partial charge is 0.358 e. The lowest BCUT2D eigenvalue weighted by atomic mass is 9.83. The predicted octanol–water partition coefficient (Wildman–Crippen LogP) is 4.38. The van der Waals surface area contributed by atoms with Gasteiger partial charge < -0.3 is 10.2 Å². The Balaban J connectivity index is 1.28. The minimum Gasteiger partial charge on any atom is -0.358 e. The van der Waals surface area contributed by atoms with Crippen LogP contribution in [0.1, 0.15) is 50.1 Å². The van der Waals surface area contributed by atoms with Gasteiger partial charge in [-0.25, -0.2) is 9.40 Å². The average Bonchev–Trinajstić information content (AvgIpc) is 3.02. The number of hydrogen-bond acceptors (Lipinski definition) is 5. The van der Waals surface area contributed by atoms with Crippen molar-refractivity contribution in [3.63, 3.8) is 0 Å². The molecule has 1 aromatic heterocycles. The molecule has 4 aliphatic rings. The van der Waals surface area contributed by atoms with Crippen molar-refractivity contribution in [1.29, 1.82) is 0 Å². The second-order valence-corrected chi connectivity index (χ2v) is 8.32. The number of aromatic nitrogens is 1. The number of hydrazone groups is 1. The average molecular weight is 400 g/mol. The summed E-state index contributed by atoms with van der Waals surface area (Å²) >= 11 is 6.22. The van der Waals surface area contributed by atoms with E-state index in [1.807, 2.05) is 18.6 Å². The zero-order valence-electron chi connectivity index (χ0n) is 15.6. The van der Waals surface area contributed by atoms with Crippen molar-refractivity contribution in [2.75, 3.05) is 6.54 Å². The van der Waals surface area contributed by atoms with Crippen LogP contribution in [0.2, 0.25) is 0 Å².